The van der Waals surface area contributed by atoms with Gasteiger partial charge in [0, 0.05) is 67.0 Å². The quantitative estimate of drug-likeness (QED) is 0.439. The number of nitrogens with zero attached hydrogens (tertiary/aromatic N) is 3. The number of pyridine rings is 2. The number of carbonyl (C=O) groups excluding carboxylic acids is 1. The molecule has 1 aliphatic rings. The molecule has 2 aromatic carbocycles. The first-order valence-electron chi connectivity index (χ1n) is 12.1. The van der Waals surface area contributed by atoms with Crippen LogP contribution in [-0.4, -0.2) is 47.1 Å². The first-order chi connectivity index (χ1) is 17.2. The Hall–Kier alpha value is -3.77. The fraction of sp³-hybridized carbons (Fsp3) is 0.276. The Balaban J connectivity index is 1.30. The third kappa shape index (κ3) is 5.49. The molecule has 4 aromatic rings. The van der Waals surface area contributed by atoms with Crippen molar-refractivity contribution in [2.24, 2.45) is 5.92 Å². The van der Waals surface area contributed by atoms with Crippen LogP contribution in [-0.2, 0) is 17.7 Å². The number of aromatic nitrogens is 2. The minimum atomic E-state index is 0.0458. The maximum Gasteiger partial charge on any atom is 0.254 e. The number of carbonyl (C=O) groups is 1. The highest BCUT2D eigenvalue weighted by molar-refractivity contribution is 5.95. The summed E-state index contributed by atoms with van der Waals surface area (Å²) in [5, 5.41) is 5.81. The van der Waals surface area contributed by atoms with Gasteiger partial charge in [-0.3, -0.25) is 14.8 Å². The van der Waals surface area contributed by atoms with Crippen LogP contribution in [0.1, 0.15) is 27.0 Å². The van der Waals surface area contributed by atoms with Gasteiger partial charge in [0.2, 0.25) is 0 Å². The summed E-state index contributed by atoms with van der Waals surface area (Å²) in [6, 6.07) is 18.2. The van der Waals surface area contributed by atoms with Gasteiger partial charge in [-0.25, -0.2) is 0 Å². The molecule has 1 fully saturated rings. The molecule has 1 N–H and O–H groups in total. The van der Waals surface area contributed by atoms with E-state index in [0.717, 1.165) is 23.2 Å². The third-order valence-electron chi connectivity index (χ3n) is 6.60. The molecule has 178 valence electrons. The van der Waals surface area contributed by atoms with Crippen LogP contribution in [0.25, 0.3) is 10.8 Å². The van der Waals surface area contributed by atoms with Crippen molar-refractivity contribution in [1.29, 1.82) is 0 Å². The van der Waals surface area contributed by atoms with Crippen LogP contribution >= 0.6 is 0 Å². The van der Waals surface area contributed by atoms with E-state index in [1.165, 1.54) is 16.3 Å². The fourth-order valence-corrected chi connectivity index (χ4v) is 4.68. The van der Waals surface area contributed by atoms with E-state index in [1.54, 1.807) is 6.20 Å². The summed E-state index contributed by atoms with van der Waals surface area (Å²) in [6.45, 7) is 5.17. The standard InChI is InChI=1S/C29H30N4O2/c1-21-7-8-26(15-28(21)32-17-22-4-3-10-30-16-22)29(34)33-12-13-35-20-23(19-33)14-25-6-2-5-24-9-11-31-18-27(24)25/h2-11,15-16,18,23,32H,12-14,17,19-20H2,1H3. The number of aryl methyl sites for hydroxylation is 1. The van der Waals surface area contributed by atoms with Crippen molar-refractivity contribution < 1.29 is 9.53 Å². The Morgan fingerprint density at radius 3 is 2.89 bits per heavy atom. The summed E-state index contributed by atoms with van der Waals surface area (Å²) in [6.07, 6.45) is 8.21. The van der Waals surface area contributed by atoms with Crippen LogP contribution in [0.4, 0.5) is 5.69 Å². The molecular formula is C29H30N4O2. The maximum absolute atomic E-state index is 13.5. The molecule has 0 radical (unpaired) electrons. The van der Waals surface area contributed by atoms with Crippen molar-refractivity contribution in [3.63, 3.8) is 0 Å². The van der Waals surface area contributed by atoms with Crippen LogP contribution in [0.5, 0.6) is 0 Å². The monoisotopic (exact) mass is 466 g/mol. The average molecular weight is 467 g/mol. The van der Waals surface area contributed by atoms with Crippen LogP contribution in [0.3, 0.4) is 0 Å². The maximum atomic E-state index is 13.5. The van der Waals surface area contributed by atoms with E-state index in [2.05, 4.69) is 40.4 Å². The topological polar surface area (TPSA) is 67.4 Å². The van der Waals surface area contributed by atoms with Crippen molar-refractivity contribution in [3.8, 4) is 0 Å². The van der Waals surface area contributed by atoms with E-state index in [-0.39, 0.29) is 11.8 Å². The Morgan fingerprint density at radius 1 is 1.09 bits per heavy atom. The van der Waals surface area contributed by atoms with Crippen molar-refractivity contribution in [1.82, 2.24) is 14.9 Å². The zero-order chi connectivity index (χ0) is 24.0. The average Bonchev–Trinajstić information content (AvgIpc) is 3.14. The highest BCUT2D eigenvalue weighted by Gasteiger charge is 2.24. The van der Waals surface area contributed by atoms with E-state index in [1.807, 2.05) is 59.9 Å². The molecule has 1 amide bonds. The second kappa shape index (κ2) is 10.7. The zero-order valence-corrected chi connectivity index (χ0v) is 20.0. The summed E-state index contributed by atoms with van der Waals surface area (Å²) in [4.78, 5) is 23.9. The molecule has 1 unspecified atom stereocenters. The molecule has 0 spiro atoms. The number of amides is 1. The summed E-state index contributed by atoms with van der Waals surface area (Å²) in [5.41, 5.74) is 5.10. The van der Waals surface area contributed by atoms with Gasteiger partial charge >= 0.3 is 0 Å². The summed E-state index contributed by atoms with van der Waals surface area (Å²) >= 11 is 0. The van der Waals surface area contributed by atoms with E-state index >= 15 is 0 Å². The molecule has 6 heteroatoms. The van der Waals surface area contributed by atoms with E-state index in [9.17, 15) is 4.79 Å². The smallest absolute Gasteiger partial charge is 0.254 e. The zero-order valence-electron chi connectivity index (χ0n) is 20.0. The van der Waals surface area contributed by atoms with Gasteiger partial charge < -0.3 is 15.0 Å². The Bertz CT molecular complexity index is 1300. The molecule has 2 aromatic heterocycles. The number of hydrogen-bond acceptors (Lipinski definition) is 5. The fourth-order valence-electron chi connectivity index (χ4n) is 4.68. The van der Waals surface area contributed by atoms with Crippen LogP contribution < -0.4 is 5.32 Å². The molecule has 0 saturated carbocycles. The molecule has 5 rings (SSSR count). The Labute approximate surface area is 206 Å². The van der Waals surface area contributed by atoms with Gasteiger partial charge in [-0.1, -0.05) is 30.3 Å². The van der Waals surface area contributed by atoms with E-state index in [4.69, 9.17) is 4.74 Å². The largest absolute Gasteiger partial charge is 0.381 e. The molecule has 1 atom stereocenters. The SMILES string of the molecule is Cc1ccc(C(=O)N2CCOCC(Cc3cccc4ccncc34)C2)cc1NCc1cccnc1. The van der Waals surface area contributed by atoms with Gasteiger partial charge in [0.05, 0.1) is 13.2 Å². The normalized spacial score (nSPS) is 16.1. The number of anilines is 1. The van der Waals surface area contributed by atoms with E-state index < -0.39 is 0 Å². The first-order valence-corrected chi connectivity index (χ1v) is 12.1. The lowest BCUT2D eigenvalue weighted by Gasteiger charge is -2.24. The van der Waals surface area contributed by atoms with Crippen LogP contribution in [0.15, 0.2) is 79.4 Å². The van der Waals surface area contributed by atoms with Crippen molar-refractivity contribution >= 4 is 22.4 Å². The highest BCUT2D eigenvalue weighted by atomic mass is 16.5. The number of ether oxygens (including phenoxy) is 1. The van der Waals surface area contributed by atoms with Gasteiger partial charge in [-0.05, 0) is 59.7 Å². The second-order valence-electron chi connectivity index (χ2n) is 9.15. The number of rotatable bonds is 6. The first kappa shape index (κ1) is 23.0. The van der Waals surface area contributed by atoms with Crippen LogP contribution in [0, 0.1) is 12.8 Å². The molecule has 0 bridgehead atoms. The third-order valence-corrected chi connectivity index (χ3v) is 6.60. The number of fused-ring (bicyclic) bond motifs is 1. The second-order valence-corrected chi connectivity index (χ2v) is 9.15. The molecular weight excluding hydrogens is 436 g/mol. The lowest BCUT2D eigenvalue weighted by atomic mass is 9.95. The molecule has 35 heavy (non-hydrogen) atoms. The molecule has 6 nitrogen and oxygen atoms in total. The predicted molar refractivity (Wildman–Crippen MR) is 138 cm³/mol. The highest BCUT2D eigenvalue weighted by Crippen LogP contribution is 2.24. The molecule has 0 aliphatic carbocycles. The van der Waals surface area contributed by atoms with Gasteiger partial charge in [-0.2, -0.15) is 0 Å². The van der Waals surface area contributed by atoms with Crippen molar-refractivity contribution in [3.05, 3.63) is 102 Å². The minimum absolute atomic E-state index is 0.0458. The van der Waals surface area contributed by atoms with Gasteiger partial charge in [0.25, 0.3) is 5.91 Å². The minimum Gasteiger partial charge on any atom is -0.381 e. The summed E-state index contributed by atoms with van der Waals surface area (Å²) in [7, 11) is 0. The Morgan fingerprint density at radius 2 is 2.00 bits per heavy atom. The molecule has 3 heterocycles. The van der Waals surface area contributed by atoms with Gasteiger partial charge in [0.15, 0.2) is 0 Å². The summed E-state index contributed by atoms with van der Waals surface area (Å²) < 4.78 is 5.91. The number of benzene rings is 2. The number of nitrogens with one attached hydrogen (secondary N) is 1. The van der Waals surface area contributed by atoms with Crippen LogP contribution in [0.2, 0.25) is 0 Å². The van der Waals surface area contributed by atoms with E-state index in [0.29, 0.717) is 38.4 Å². The van der Waals surface area contributed by atoms with Crippen molar-refractivity contribution in [2.75, 3.05) is 31.6 Å². The van der Waals surface area contributed by atoms with Gasteiger partial charge in [-0.15, -0.1) is 0 Å². The van der Waals surface area contributed by atoms with Crippen molar-refractivity contribution in [2.45, 2.75) is 19.9 Å². The summed E-state index contributed by atoms with van der Waals surface area (Å²) in [5.74, 6) is 0.269. The Kier molecular flexibility index (Phi) is 7.00. The number of hydrogen-bond donors (Lipinski definition) is 1. The lowest BCUT2D eigenvalue weighted by Crippen LogP contribution is -2.36. The lowest BCUT2D eigenvalue weighted by molar-refractivity contribution is 0.0737. The molecule has 1 saturated heterocycles. The molecule has 1 aliphatic heterocycles. The van der Waals surface area contributed by atoms with Gasteiger partial charge in [0.1, 0.15) is 0 Å². The predicted octanol–water partition coefficient (Wildman–Crippen LogP) is 4.88.